The van der Waals surface area contributed by atoms with Crippen LogP contribution in [0.1, 0.15) is 10.4 Å². The van der Waals surface area contributed by atoms with E-state index in [0.29, 0.717) is 5.56 Å². The highest BCUT2D eigenvalue weighted by molar-refractivity contribution is 5.97. The van der Waals surface area contributed by atoms with Gasteiger partial charge in [0.25, 0.3) is 5.91 Å². The zero-order valence-corrected chi connectivity index (χ0v) is 8.76. The van der Waals surface area contributed by atoms with E-state index in [1.165, 1.54) is 0 Å². The second kappa shape index (κ2) is 4.53. The third-order valence-corrected chi connectivity index (χ3v) is 2.38. The first-order valence-electron chi connectivity index (χ1n) is 4.98. The van der Waals surface area contributed by atoms with Crippen LogP contribution in [-0.2, 0) is 0 Å². The Bertz CT molecular complexity index is 500. The van der Waals surface area contributed by atoms with Gasteiger partial charge in [0.15, 0.2) is 0 Å². The first kappa shape index (κ1) is 10.3. The predicted octanol–water partition coefficient (Wildman–Crippen LogP) is 3.19. The van der Waals surface area contributed by atoms with E-state index >= 15 is 0 Å². The van der Waals surface area contributed by atoms with Crippen LogP contribution in [0.3, 0.4) is 0 Å². The number of nitrogens with zero attached hydrogens (tertiary/aromatic N) is 1. The van der Waals surface area contributed by atoms with Crippen LogP contribution in [0, 0.1) is 0 Å². The molecule has 0 heterocycles. The molecule has 0 fully saturated rings. The highest BCUT2D eigenvalue weighted by atomic mass is 16.1. The maximum Gasteiger partial charge on any atom is 0.276 e. The number of rotatable bonds is 2. The fourth-order valence-corrected chi connectivity index (χ4v) is 1.53. The predicted molar refractivity (Wildman–Crippen MR) is 65.8 cm³/mol. The Morgan fingerprint density at radius 1 is 0.875 bits per heavy atom. The number of carbonyl (C=O) groups excluding carboxylic acids is 1. The molecule has 1 amide bonds. The maximum absolute atomic E-state index is 11.2. The topological polar surface area (TPSA) is 29.4 Å². The molecule has 2 aromatic rings. The molecule has 0 unspecified atom stereocenters. The molecule has 2 rings (SSSR count). The van der Waals surface area contributed by atoms with Crippen LogP contribution in [-0.4, -0.2) is 12.6 Å². The van der Waals surface area contributed by atoms with Gasteiger partial charge in [-0.15, -0.1) is 0 Å². The van der Waals surface area contributed by atoms with E-state index in [9.17, 15) is 4.79 Å². The zero-order chi connectivity index (χ0) is 11.4. The lowest BCUT2D eigenvalue weighted by molar-refractivity contribution is 0.100. The van der Waals surface area contributed by atoms with Crippen molar-refractivity contribution in [3.8, 4) is 11.1 Å². The van der Waals surface area contributed by atoms with E-state index in [-0.39, 0.29) is 5.91 Å². The van der Waals surface area contributed by atoms with Crippen molar-refractivity contribution in [3.05, 3.63) is 60.2 Å². The summed E-state index contributed by atoms with van der Waals surface area (Å²) in [5, 5.41) is 0. The molecule has 0 saturated heterocycles. The molecule has 2 nitrogen and oxygen atoms in total. The highest BCUT2D eigenvalue weighted by Crippen LogP contribution is 2.19. The van der Waals surface area contributed by atoms with Crippen LogP contribution in [0.15, 0.2) is 59.6 Å². The fourth-order valence-electron chi connectivity index (χ4n) is 1.53. The van der Waals surface area contributed by atoms with Gasteiger partial charge in [-0.1, -0.05) is 42.5 Å². The van der Waals surface area contributed by atoms with E-state index in [1.54, 1.807) is 12.1 Å². The van der Waals surface area contributed by atoms with Crippen molar-refractivity contribution in [2.24, 2.45) is 4.99 Å². The minimum absolute atomic E-state index is 0.292. The van der Waals surface area contributed by atoms with Gasteiger partial charge in [-0.2, -0.15) is 0 Å². The number of hydrogen-bond acceptors (Lipinski definition) is 1. The molecule has 0 atom stereocenters. The SMILES string of the molecule is C=NC(=O)c1ccc(-c2ccccc2)cc1. The molecule has 0 saturated carbocycles. The second-order valence-corrected chi connectivity index (χ2v) is 3.41. The molecule has 0 bridgehead atoms. The molecule has 78 valence electrons. The number of carbonyl (C=O) groups is 1. The molecule has 2 aromatic carbocycles. The molecule has 0 aliphatic carbocycles. The van der Waals surface area contributed by atoms with Gasteiger partial charge in [0.1, 0.15) is 0 Å². The van der Waals surface area contributed by atoms with Gasteiger partial charge < -0.3 is 0 Å². The van der Waals surface area contributed by atoms with E-state index in [0.717, 1.165) is 11.1 Å². The molecular formula is C14H11NO. The lowest BCUT2D eigenvalue weighted by atomic mass is 10.0. The summed E-state index contributed by atoms with van der Waals surface area (Å²) in [4.78, 5) is 14.6. The largest absolute Gasteiger partial charge is 0.276 e. The van der Waals surface area contributed by atoms with Crippen LogP contribution in [0.25, 0.3) is 11.1 Å². The Morgan fingerprint density at radius 3 is 2.00 bits per heavy atom. The van der Waals surface area contributed by atoms with Crippen LogP contribution in [0.2, 0.25) is 0 Å². The molecule has 0 radical (unpaired) electrons. The first-order chi connectivity index (χ1) is 7.81. The smallest absolute Gasteiger partial charge is 0.267 e. The van der Waals surface area contributed by atoms with Gasteiger partial charge in [0, 0.05) is 5.56 Å². The van der Waals surface area contributed by atoms with Gasteiger partial charge in [0.05, 0.1) is 0 Å². The summed E-state index contributed by atoms with van der Waals surface area (Å²) in [6.07, 6.45) is 0. The summed E-state index contributed by atoms with van der Waals surface area (Å²) in [6, 6.07) is 17.4. The quantitative estimate of drug-likeness (QED) is 0.698. The van der Waals surface area contributed by atoms with Crippen molar-refractivity contribution in [1.82, 2.24) is 0 Å². The van der Waals surface area contributed by atoms with Crippen molar-refractivity contribution >= 4 is 12.6 Å². The van der Waals surface area contributed by atoms with Crippen LogP contribution < -0.4 is 0 Å². The van der Waals surface area contributed by atoms with E-state index < -0.39 is 0 Å². The van der Waals surface area contributed by atoms with E-state index in [1.807, 2.05) is 42.5 Å². The normalized spacial score (nSPS) is 9.75. The van der Waals surface area contributed by atoms with Crippen LogP contribution in [0.4, 0.5) is 0 Å². The summed E-state index contributed by atoms with van der Waals surface area (Å²) in [7, 11) is 0. The molecule has 0 aliphatic rings. The van der Waals surface area contributed by atoms with Crippen LogP contribution >= 0.6 is 0 Å². The molecular weight excluding hydrogens is 198 g/mol. The summed E-state index contributed by atoms with van der Waals surface area (Å²) >= 11 is 0. The molecule has 0 N–H and O–H groups in total. The summed E-state index contributed by atoms with van der Waals surface area (Å²) in [5.74, 6) is -0.292. The zero-order valence-electron chi connectivity index (χ0n) is 8.76. The van der Waals surface area contributed by atoms with Gasteiger partial charge in [0.2, 0.25) is 0 Å². The number of aliphatic imine (C=N–C) groups is 1. The van der Waals surface area contributed by atoms with Crippen LogP contribution in [0.5, 0.6) is 0 Å². The van der Waals surface area contributed by atoms with Gasteiger partial charge in [-0.3, -0.25) is 4.79 Å². The highest BCUT2D eigenvalue weighted by Gasteiger charge is 2.02. The Labute approximate surface area is 94.3 Å². The summed E-state index contributed by atoms with van der Waals surface area (Å²) in [5.41, 5.74) is 2.78. The number of amides is 1. The van der Waals surface area contributed by atoms with E-state index in [2.05, 4.69) is 11.7 Å². The lowest BCUT2D eigenvalue weighted by Crippen LogP contribution is -1.92. The number of benzene rings is 2. The van der Waals surface area contributed by atoms with Crippen molar-refractivity contribution in [1.29, 1.82) is 0 Å². The number of hydrogen-bond donors (Lipinski definition) is 0. The Morgan fingerprint density at radius 2 is 1.44 bits per heavy atom. The minimum atomic E-state index is -0.292. The standard InChI is InChI=1S/C14H11NO/c1-15-14(16)13-9-7-12(8-10-13)11-5-3-2-4-6-11/h2-10H,1H2. The Kier molecular flexibility index (Phi) is 2.92. The first-order valence-corrected chi connectivity index (χ1v) is 4.98. The minimum Gasteiger partial charge on any atom is -0.267 e. The Hall–Kier alpha value is -2.22. The average Bonchev–Trinajstić information content (AvgIpc) is 2.39. The van der Waals surface area contributed by atoms with Gasteiger partial charge >= 0.3 is 0 Å². The fraction of sp³-hybridized carbons (Fsp3) is 0. The Balaban J connectivity index is 2.33. The monoisotopic (exact) mass is 209 g/mol. The van der Waals surface area contributed by atoms with Crippen molar-refractivity contribution in [3.63, 3.8) is 0 Å². The van der Waals surface area contributed by atoms with Crippen molar-refractivity contribution in [2.75, 3.05) is 0 Å². The summed E-state index contributed by atoms with van der Waals surface area (Å²) in [6.45, 7) is 3.22. The molecule has 0 aliphatic heterocycles. The molecule has 2 heteroatoms. The van der Waals surface area contributed by atoms with E-state index in [4.69, 9.17) is 0 Å². The maximum atomic E-state index is 11.2. The molecule has 16 heavy (non-hydrogen) atoms. The lowest BCUT2D eigenvalue weighted by Gasteiger charge is -2.01. The second-order valence-electron chi connectivity index (χ2n) is 3.41. The van der Waals surface area contributed by atoms with Crippen molar-refractivity contribution < 1.29 is 4.79 Å². The average molecular weight is 209 g/mol. The van der Waals surface area contributed by atoms with Gasteiger partial charge in [-0.05, 0) is 30.0 Å². The third-order valence-electron chi connectivity index (χ3n) is 2.38. The molecule has 0 aromatic heterocycles. The summed E-state index contributed by atoms with van der Waals surface area (Å²) < 4.78 is 0. The third kappa shape index (κ3) is 2.06. The van der Waals surface area contributed by atoms with Crippen molar-refractivity contribution in [2.45, 2.75) is 0 Å². The molecule has 0 spiro atoms. The van der Waals surface area contributed by atoms with Gasteiger partial charge in [-0.25, -0.2) is 4.99 Å².